The van der Waals surface area contributed by atoms with Gasteiger partial charge in [-0.3, -0.25) is 4.57 Å². The summed E-state index contributed by atoms with van der Waals surface area (Å²) >= 11 is 0. The van der Waals surface area contributed by atoms with Crippen molar-refractivity contribution < 1.29 is 13.5 Å². The molecule has 0 saturated heterocycles. The van der Waals surface area contributed by atoms with Gasteiger partial charge in [0.15, 0.2) is 5.96 Å². The first kappa shape index (κ1) is 20.7. The van der Waals surface area contributed by atoms with E-state index in [0.29, 0.717) is 19.0 Å². The van der Waals surface area contributed by atoms with Crippen LogP contribution in [0.4, 0.5) is 8.78 Å². The highest BCUT2D eigenvalue weighted by molar-refractivity contribution is 5.79. The number of rotatable bonds is 8. The monoisotopic (exact) mass is 379 g/mol. The molecule has 27 heavy (non-hydrogen) atoms. The highest BCUT2D eigenvalue weighted by Gasteiger charge is 2.12. The third kappa shape index (κ3) is 6.23. The highest BCUT2D eigenvalue weighted by atomic mass is 19.3. The van der Waals surface area contributed by atoms with Crippen molar-refractivity contribution in [3.8, 4) is 5.75 Å². The van der Waals surface area contributed by atoms with Crippen LogP contribution in [-0.2, 0) is 13.1 Å². The lowest BCUT2D eigenvalue weighted by Crippen LogP contribution is -2.37. The summed E-state index contributed by atoms with van der Waals surface area (Å²) in [5.74, 6) is 1.57. The van der Waals surface area contributed by atoms with Gasteiger partial charge in [-0.15, -0.1) is 0 Å². The first-order chi connectivity index (χ1) is 12.9. The molecule has 0 aliphatic rings. The second kappa shape index (κ2) is 9.89. The van der Waals surface area contributed by atoms with Gasteiger partial charge in [-0.25, -0.2) is 9.98 Å². The molecule has 0 amide bonds. The lowest BCUT2D eigenvalue weighted by Gasteiger charge is -2.15. The number of nitrogens with zero attached hydrogens (tertiary/aromatic N) is 3. The van der Waals surface area contributed by atoms with Crippen molar-refractivity contribution in [1.82, 2.24) is 20.2 Å². The molecule has 2 N–H and O–H groups in total. The zero-order chi connectivity index (χ0) is 19.8. The lowest BCUT2D eigenvalue weighted by molar-refractivity contribution is 0.0668. The Morgan fingerprint density at radius 3 is 2.74 bits per heavy atom. The molecule has 0 aliphatic carbocycles. The summed E-state index contributed by atoms with van der Waals surface area (Å²) in [5, 5.41) is 6.15. The van der Waals surface area contributed by atoms with Gasteiger partial charge in [0.2, 0.25) is 0 Å². The molecule has 1 heterocycles. The van der Waals surface area contributed by atoms with E-state index in [1.54, 1.807) is 0 Å². The maximum Gasteiger partial charge on any atom is 0.319 e. The molecule has 6 nitrogen and oxygen atoms in total. The molecule has 0 saturated carbocycles. The van der Waals surface area contributed by atoms with Crippen LogP contribution in [0.1, 0.15) is 44.3 Å². The zero-order valence-electron chi connectivity index (χ0n) is 16.2. The van der Waals surface area contributed by atoms with Crippen LogP contribution in [0, 0.1) is 6.92 Å². The topological polar surface area (TPSA) is 63.5 Å². The van der Waals surface area contributed by atoms with Gasteiger partial charge >= 0.3 is 6.55 Å². The standard InChI is InChI=1S/C19H27F2N5O/c1-5-22-19(25-12-17-23-8-9-26(17)18(20)21)24-11-15-7-6-14(4)10-16(15)27-13(2)3/h6-10,13,18H,5,11-12H2,1-4H3,(H2,22,24,25). The molecule has 2 aromatic rings. The summed E-state index contributed by atoms with van der Waals surface area (Å²) in [4.78, 5) is 8.51. The molecule has 0 radical (unpaired) electrons. The van der Waals surface area contributed by atoms with Crippen LogP contribution in [0.25, 0.3) is 0 Å². The third-order valence-corrected chi connectivity index (χ3v) is 3.71. The van der Waals surface area contributed by atoms with Crippen molar-refractivity contribution in [2.75, 3.05) is 6.54 Å². The van der Waals surface area contributed by atoms with Crippen molar-refractivity contribution in [2.45, 2.75) is 53.4 Å². The number of alkyl halides is 2. The summed E-state index contributed by atoms with van der Waals surface area (Å²) in [6.07, 6.45) is 2.68. The molecule has 1 aromatic carbocycles. The van der Waals surface area contributed by atoms with Gasteiger partial charge in [-0.1, -0.05) is 12.1 Å². The van der Waals surface area contributed by atoms with E-state index in [9.17, 15) is 8.78 Å². The van der Waals surface area contributed by atoms with Gasteiger partial charge in [0.1, 0.15) is 11.6 Å². The number of imidazole rings is 1. The second-order valence-corrected chi connectivity index (χ2v) is 6.35. The second-order valence-electron chi connectivity index (χ2n) is 6.35. The van der Waals surface area contributed by atoms with Crippen molar-refractivity contribution in [1.29, 1.82) is 0 Å². The maximum absolute atomic E-state index is 12.9. The number of hydrogen-bond acceptors (Lipinski definition) is 3. The normalized spacial score (nSPS) is 11.9. The van der Waals surface area contributed by atoms with Gasteiger partial charge in [0.25, 0.3) is 0 Å². The predicted molar refractivity (Wildman–Crippen MR) is 102 cm³/mol. The van der Waals surface area contributed by atoms with E-state index in [-0.39, 0.29) is 18.5 Å². The molecular weight excluding hydrogens is 352 g/mol. The number of aryl methyl sites for hydroxylation is 1. The van der Waals surface area contributed by atoms with E-state index in [2.05, 4.69) is 20.6 Å². The number of halogens is 2. The van der Waals surface area contributed by atoms with Crippen LogP contribution >= 0.6 is 0 Å². The number of hydrogen-bond donors (Lipinski definition) is 2. The van der Waals surface area contributed by atoms with Crippen molar-refractivity contribution in [3.05, 3.63) is 47.5 Å². The minimum absolute atomic E-state index is 0.0640. The van der Waals surface area contributed by atoms with Crippen molar-refractivity contribution in [3.63, 3.8) is 0 Å². The number of aliphatic imine (C=N–C) groups is 1. The molecule has 0 spiro atoms. The number of aromatic nitrogens is 2. The number of benzene rings is 1. The molecule has 0 bridgehead atoms. The Labute approximate surface area is 158 Å². The molecule has 2 rings (SSSR count). The van der Waals surface area contributed by atoms with Crippen molar-refractivity contribution >= 4 is 5.96 Å². The number of ether oxygens (including phenoxy) is 1. The van der Waals surface area contributed by atoms with E-state index in [1.807, 2.05) is 45.9 Å². The Balaban J connectivity index is 2.10. The van der Waals surface area contributed by atoms with Gasteiger partial charge in [-0.2, -0.15) is 8.78 Å². The van der Waals surface area contributed by atoms with Gasteiger partial charge in [0.05, 0.1) is 19.2 Å². The number of guanidine groups is 1. The summed E-state index contributed by atoms with van der Waals surface area (Å²) in [6, 6.07) is 5.99. The van der Waals surface area contributed by atoms with Crippen LogP contribution < -0.4 is 15.4 Å². The smallest absolute Gasteiger partial charge is 0.319 e. The largest absolute Gasteiger partial charge is 0.491 e. The van der Waals surface area contributed by atoms with Crippen molar-refractivity contribution in [2.24, 2.45) is 4.99 Å². The van der Waals surface area contributed by atoms with Gasteiger partial charge in [-0.05, 0) is 39.3 Å². The maximum atomic E-state index is 12.9. The van der Waals surface area contributed by atoms with Crippen LogP contribution in [-0.4, -0.2) is 28.2 Å². The summed E-state index contributed by atoms with van der Waals surface area (Å²) in [5.41, 5.74) is 2.07. The van der Waals surface area contributed by atoms with E-state index in [0.717, 1.165) is 21.4 Å². The van der Waals surface area contributed by atoms with E-state index in [1.165, 1.54) is 12.4 Å². The molecular formula is C19H27F2N5O. The van der Waals surface area contributed by atoms with Gasteiger partial charge in [0, 0.05) is 24.5 Å². The number of nitrogens with one attached hydrogen (secondary N) is 2. The Kier molecular flexibility index (Phi) is 7.57. The lowest BCUT2D eigenvalue weighted by atomic mass is 10.1. The Hall–Kier alpha value is -2.64. The first-order valence-corrected chi connectivity index (χ1v) is 8.99. The molecule has 148 valence electrons. The third-order valence-electron chi connectivity index (χ3n) is 3.71. The van der Waals surface area contributed by atoms with E-state index < -0.39 is 6.55 Å². The molecule has 1 aromatic heterocycles. The fourth-order valence-corrected chi connectivity index (χ4v) is 2.48. The quantitative estimate of drug-likeness (QED) is 0.543. The highest BCUT2D eigenvalue weighted by Crippen LogP contribution is 2.22. The molecule has 0 atom stereocenters. The minimum atomic E-state index is -2.62. The molecule has 8 heteroatoms. The molecule has 0 fully saturated rings. The molecule has 0 aliphatic heterocycles. The van der Waals surface area contributed by atoms with E-state index >= 15 is 0 Å². The summed E-state index contributed by atoms with van der Waals surface area (Å²) < 4.78 is 32.5. The van der Waals surface area contributed by atoms with Crippen LogP contribution in [0.2, 0.25) is 0 Å². The fourth-order valence-electron chi connectivity index (χ4n) is 2.48. The first-order valence-electron chi connectivity index (χ1n) is 8.99. The zero-order valence-corrected chi connectivity index (χ0v) is 16.2. The molecule has 0 unspecified atom stereocenters. The SMILES string of the molecule is CCNC(=NCc1ccc(C)cc1OC(C)C)NCc1nccn1C(F)F. The fraction of sp³-hybridized carbons (Fsp3) is 0.474. The Bertz CT molecular complexity index is 758. The predicted octanol–water partition coefficient (Wildman–Crippen LogP) is 3.63. The average Bonchev–Trinajstić information content (AvgIpc) is 3.07. The summed E-state index contributed by atoms with van der Waals surface area (Å²) in [6.45, 7) is 6.49. The van der Waals surface area contributed by atoms with Crippen LogP contribution in [0.15, 0.2) is 35.6 Å². The van der Waals surface area contributed by atoms with Gasteiger partial charge < -0.3 is 15.4 Å². The Morgan fingerprint density at radius 2 is 2.07 bits per heavy atom. The average molecular weight is 379 g/mol. The van der Waals surface area contributed by atoms with E-state index in [4.69, 9.17) is 4.74 Å². The van der Waals surface area contributed by atoms with Crippen LogP contribution in [0.5, 0.6) is 5.75 Å². The minimum Gasteiger partial charge on any atom is -0.491 e. The van der Waals surface area contributed by atoms with Crippen LogP contribution in [0.3, 0.4) is 0 Å². The summed E-state index contributed by atoms with van der Waals surface area (Å²) in [7, 11) is 0. The Morgan fingerprint density at radius 1 is 1.30 bits per heavy atom.